The molecule has 1 unspecified atom stereocenters. The van der Waals surface area contributed by atoms with Gasteiger partial charge in [-0.2, -0.15) is 10.6 Å². The van der Waals surface area contributed by atoms with Gasteiger partial charge in [-0.1, -0.05) is 36.4 Å². The van der Waals surface area contributed by atoms with Gasteiger partial charge < -0.3 is 9.64 Å². The van der Waals surface area contributed by atoms with E-state index >= 15 is 0 Å². The van der Waals surface area contributed by atoms with Gasteiger partial charge in [0.2, 0.25) is 0 Å². The van der Waals surface area contributed by atoms with Crippen molar-refractivity contribution < 1.29 is 27.1 Å². The first-order chi connectivity index (χ1) is 16.3. The third-order valence-corrected chi connectivity index (χ3v) is 10.5. The molecule has 1 atom stereocenters. The van der Waals surface area contributed by atoms with Gasteiger partial charge in [0.05, 0.1) is 27.7 Å². The highest BCUT2D eigenvalue weighted by Gasteiger charge is 2.46. The molecule has 1 amide bonds. The van der Waals surface area contributed by atoms with Gasteiger partial charge in [0.25, 0.3) is 5.91 Å². The third-order valence-electron chi connectivity index (χ3n) is 6.31. The van der Waals surface area contributed by atoms with Gasteiger partial charge in [0, 0.05) is 17.8 Å². The Morgan fingerprint density at radius 1 is 1.06 bits per heavy atom. The quantitative estimate of drug-likeness (QED) is 0.516. The van der Waals surface area contributed by atoms with Crippen LogP contribution in [-0.4, -0.2) is 42.3 Å². The fraction of sp³-hybridized carbons (Fsp3) is 0.240. The molecule has 0 aliphatic carbocycles. The molecule has 0 aromatic heterocycles. The van der Waals surface area contributed by atoms with Crippen LogP contribution in [0, 0.1) is 0 Å². The summed E-state index contributed by atoms with van der Waals surface area (Å²) in [5.41, 5.74) is 2.26. The molecule has 9 heteroatoms. The smallest absolute Gasteiger partial charge is 0.262 e. The number of carbonyl (C=O) groups excluding carboxylic acids is 1. The third kappa shape index (κ3) is 3.60. The molecule has 3 aromatic carbocycles. The van der Waals surface area contributed by atoms with Gasteiger partial charge in [0.1, 0.15) is 11.0 Å². The summed E-state index contributed by atoms with van der Waals surface area (Å²) in [7, 11) is -7.36. The molecule has 2 aliphatic rings. The van der Waals surface area contributed by atoms with Gasteiger partial charge in [-0.3, -0.25) is 13.9 Å². The number of rotatable bonds is 5. The van der Waals surface area contributed by atoms with Crippen molar-refractivity contribution >= 4 is 32.0 Å². The van der Waals surface area contributed by atoms with Crippen molar-refractivity contribution in [3.63, 3.8) is 0 Å². The van der Waals surface area contributed by atoms with Crippen LogP contribution in [0.15, 0.2) is 76.5 Å². The second-order valence-corrected chi connectivity index (χ2v) is 12.5. The van der Waals surface area contributed by atoms with Crippen molar-refractivity contribution in [1.29, 1.82) is 0 Å². The molecule has 3 aromatic rings. The lowest BCUT2D eigenvalue weighted by atomic mass is 10.0. The number of carbonyl (C=O) groups is 1. The van der Waals surface area contributed by atoms with E-state index in [1.165, 1.54) is 24.3 Å². The monoisotopic (exact) mass is 499 g/mol. The minimum absolute atomic E-state index is 0.0794. The summed E-state index contributed by atoms with van der Waals surface area (Å²) >= 11 is 0. The summed E-state index contributed by atoms with van der Waals surface area (Å²) < 4.78 is 54.7. The van der Waals surface area contributed by atoms with E-state index in [0.717, 1.165) is 17.7 Å². The fourth-order valence-electron chi connectivity index (χ4n) is 4.74. The second-order valence-electron chi connectivity index (χ2n) is 8.30. The Morgan fingerprint density at radius 3 is 2.50 bits per heavy atom. The molecule has 2 N–H and O–H groups in total. The molecule has 178 valence electrons. The predicted octanol–water partition coefficient (Wildman–Crippen LogP) is 4.93. The van der Waals surface area contributed by atoms with Crippen molar-refractivity contribution in [2.75, 3.05) is 23.8 Å². The molecule has 0 fully saturated rings. The number of benzene rings is 3. The number of para-hydroxylation sites is 1. The Kier molecular flexibility index (Phi) is 5.68. The van der Waals surface area contributed by atoms with Gasteiger partial charge >= 0.3 is 0 Å². The number of ether oxygens (including phenoxy) is 1. The Bertz CT molecular complexity index is 1370. The zero-order valence-corrected chi connectivity index (χ0v) is 20.2. The zero-order chi connectivity index (χ0) is 24.1. The normalized spacial score (nSPS) is 19.4. The minimum atomic E-state index is -3.98. The van der Waals surface area contributed by atoms with E-state index in [1.54, 1.807) is 30.0 Å². The molecular formula is C25H25NO6S2. The molecule has 0 saturated carbocycles. The number of hydrogen-bond donors (Lipinski definition) is 2. The number of hydrogen-bond acceptors (Lipinski definition) is 6. The molecule has 34 heavy (non-hydrogen) atoms. The summed E-state index contributed by atoms with van der Waals surface area (Å²) in [6.07, 6.45) is 0.725. The average molecular weight is 500 g/mol. The number of fused-ring (bicyclic) bond motifs is 2. The second kappa shape index (κ2) is 8.42. The molecule has 0 bridgehead atoms. The maximum absolute atomic E-state index is 13.7. The van der Waals surface area contributed by atoms with E-state index < -0.39 is 25.7 Å². The van der Waals surface area contributed by atoms with Crippen molar-refractivity contribution in [3.8, 4) is 5.75 Å². The van der Waals surface area contributed by atoms with Gasteiger partial charge in [-0.05, 0) is 49.2 Å². The number of sulfone groups is 1. The zero-order valence-electron chi connectivity index (χ0n) is 18.5. The summed E-state index contributed by atoms with van der Waals surface area (Å²) in [6, 6.07) is 18.5. The highest BCUT2D eigenvalue weighted by atomic mass is 32.3. The van der Waals surface area contributed by atoms with Crippen LogP contribution in [-0.2, 0) is 16.3 Å². The Balaban J connectivity index is 1.67. The van der Waals surface area contributed by atoms with Crippen molar-refractivity contribution in [2.45, 2.75) is 28.4 Å². The molecule has 2 heterocycles. The Labute approximate surface area is 200 Å². The first-order valence-electron chi connectivity index (χ1n) is 11.0. The number of anilines is 1. The molecule has 0 saturated heterocycles. The highest BCUT2D eigenvalue weighted by molar-refractivity contribution is 8.25. The van der Waals surface area contributed by atoms with Crippen LogP contribution >= 0.6 is 10.6 Å². The highest BCUT2D eigenvalue weighted by Crippen LogP contribution is 2.63. The predicted molar refractivity (Wildman–Crippen MR) is 132 cm³/mol. The lowest BCUT2D eigenvalue weighted by Crippen LogP contribution is -2.29. The number of nitrogens with zero attached hydrogens (tertiary/aromatic N) is 1. The molecule has 2 aliphatic heterocycles. The lowest BCUT2D eigenvalue weighted by molar-refractivity contribution is 0.0985. The van der Waals surface area contributed by atoms with Crippen LogP contribution in [0.5, 0.6) is 5.75 Å². The van der Waals surface area contributed by atoms with Crippen LogP contribution in [0.25, 0.3) is 0 Å². The maximum Gasteiger partial charge on any atom is 0.262 e. The van der Waals surface area contributed by atoms with Gasteiger partial charge in [-0.15, -0.1) is 0 Å². The Morgan fingerprint density at radius 2 is 1.76 bits per heavy atom. The lowest BCUT2D eigenvalue weighted by Gasteiger charge is -2.28. The molecular weight excluding hydrogens is 474 g/mol. The maximum atomic E-state index is 13.7. The Hall–Kier alpha value is -2.85. The van der Waals surface area contributed by atoms with Crippen LogP contribution in [0.2, 0.25) is 0 Å². The SMILES string of the molecule is CCOc1c(C(=O)N2CCc3ccccc32)ccc2c1C(S(=O)(=O)c1ccccc1)CS2(O)O. The largest absolute Gasteiger partial charge is 0.493 e. The molecule has 7 nitrogen and oxygen atoms in total. The van der Waals surface area contributed by atoms with E-state index in [0.29, 0.717) is 6.54 Å². The molecule has 0 spiro atoms. The van der Waals surface area contributed by atoms with E-state index in [2.05, 4.69) is 0 Å². The van der Waals surface area contributed by atoms with E-state index in [4.69, 9.17) is 4.74 Å². The van der Waals surface area contributed by atoms with Gasteiger partial charge in [0.15, 0.2) is 9.84 Å². The average Bonchev–Trinajstić information content (AvgIpc) is 3.39. The van der Waals surface area contributed by atoms with Crippen molar-refractivity contribution in [3.05, 3.63) is 83.4 Å². The molecule has 0 radical (unpaired) electrons. The first kappa shape index (κ1) is 22.9. The first-order valence-corrected chi connectivity index (χ1v) is 14.3. The summed E-state index contributed by atoms with van der Waals surface area (Å²) in [5.74, 6) is -0.573. The van der Waals surface area contributed by atoms with Gasteiger partial charge in [-0.25, -0.2) is 8.42 Å². The minimum Gasteiger partial charge on any atom is -0.493 e. The van der Waals surface area contributed by atoms with E-state index in [1.807, 2.05) is 24.3 Å². The van der Waals surface area contributed by atoms with Crippen molar-refractivity contribution in [2.24, 2.45) is 0 Å². The van der Waals surface area contributed by atoms with Crippen LogP contribution in [0.1, 0.15) is 33.7 Å². The van der Waals surface area contributed by atoms with Crippen LogP contribution in [0.4, 0.5) is 5.69 Å². The number of amides is 1. The standard InChI is InChI=1S/C25H25NO6S2/c1-2-32-24-19(25(27)26-15-14-17-8-6-7-11-20(17)26)12-13-21-23(24)22(16-33(21,28)29)34(30,31)18-9-4-3-5-10-18/h3-13,22,28-29H,2,14-16H2,1H3. The van der Waals surface area contributed by atoms with E-state index in [-0.39, 0.29) is 44.9 Å². The van der Waals surface area contributed by atoms with Crippen LogP contribution in [0.3, 0.4) is 0 Å². The summed E-state index contributed by atoms with van der Waals surface area (Å²) in [4.78, 5) is 15.5. The van der Waals surface area contributed by atoms with E-state index in [9.17, 15) is 22.3 Å². The fourth-order valence-corrected chi connectivity index (χ4v) is 9.15. The van der Waals surface area contributed by atoms with Crippen molar-refractivity contribution in [1.82, 2.24) is 0 Å². The summed E-state index contributed by atoms with van der Waals surface area (Å²) in [6.45, 7) is 2.43. The summed E-state index contributed by atoms with van der Waals surface area (Å²) in [5, 5.41) is -1.24. The van der Waals surface area contributed by atoms with Crippen LogP contribution < -0.4 is 9.64 Å². The molecule has 5 rings (SSSR count). The topological polar surface area (TPSA) is 104 Å².